The highest BCUT2D eigenvalue weighted by atomic mass is 32.2. The lowest BCUT2D eigenvalue weighted by molar-refractivity contribution is -0.113. The first-order valence-electron chi connectivity index (χ1n) is 9.21. The van der Waals surface area contributed by atoms with Crippen molar-refractivity contribution in [2.75, 3.05) is 18.2 Å². The van der Waals surface area contributed by atoms with E-state index in [-0.39, 0.29) is 18.3 Å². The fraction of sp³-hybridized carbons (Fsp3) is 0.136. The molecular formula is C22H19N3O4S. The Morgan fingerprint density at radius 1 is 1.00 bits per heavy atom. The number of para-hydroxylation sites is 2. The number of thioether (sulfide) groups is 1. The van der Waals surface area contributed by atoms with E-state index in [2.05, 4.69) is 15.5 Å². The number of anilines is 1. The van der Waals surface area contributed by atoms with Gasteiger partial charge in [-0.3, -0.25) is 4.79 Å². The molecule has 0 spiro atoms. The largest absolute Gasteiger partial charge is 0.493 e. The van der Waals surface area contributed by atoms with Crippen LogP contribution >= 0.6 is 11.8 Å². The zero-order valence-electron chi connectivity index (χ0n) is 16.2. The molecular weight excluding hydrogens is 402 g/mol. The fourth-order valence-corrected chi connectivity index (χ4v) is 3.40. The van der Waals surface area contributed by atoms with Gasteiger partial charge in [-0.25, -0.2) is 0 Å². The number of amides is 1. The number of hydrogen-bond donors (Lipinski definition) is 1. The number of hydrogen-bond acceptors (Lipinski definition) is 7. The summed E-state index contributed by atoms with van der Waals surface area (Å²) in [7, 11) is 1.58. The number of aromatic nitrogens is 2. The predicted octanol–water partition coefficient (Wildman–Crippen LogP) is 4.54. The van der Waals surface area contributed by atoms with Crippen molar-refractivity contribution in [3.8, 4) is 11.5 Å². The average molecular weight is 421 g/mol. The van der Waals surface area contributed by atoms with Gasteiger partial charge in [0.1, 0.15) is 0 Å². The number of carbonyl (C=O) groups is 1. The lowest BCUT2D eigenvalue weighted by atomic mass is 10.1. The predicted molar refractivity (Wildman–Crippen MR) is 115 cm³/mol. The summed E-state index contributed by atoms with van der Waals surface area (Å²) in [5.41, 5.74) is 0.746. The van der Waals surface area contributed by atoms with Gasteiger partial charge in [0.25, 0.3) is 11.1 Å². The van der Waals surface area contributed by atoms with Crippen molar-refractivity contribution in [3.05, 3.63) is 72.6 Å². The van der Waals surface area contributed by atoms with Crippen molar-refractivity contribution in [2.24, 2.45) is 0 Å². The van der Waals surface area contributed by atoms with Crippen molar-refractivity contribution in [3.63, 3.8) is 0 Å². The van der Waals surface area contributed by atoms with Crippen molar-refractivity contribution < 1.29 is 18.7 Å². The van der Waals surface area contributed by atoms with E-state index in [0.717, 1.165) is 16.5 Å². The summed E-state index contributed by atoms with van der Waals surface area (Å²) in [5.74, 6) is 1.53. The second kappa shape index (κ2) is 9.32. The van der Waals surface area contributed by atoms with E-state index < -0.39 is 0 Å². The van der Waals surface area contributed by atoms with Gasteiger partial charge in [-0.15, -0.1) is 10.2 Å². The Morgan fingerprint density at radius 3 is 2.60 bits per heavy atom. The molecule has 0 saturated carbocycles. The van der Waals surface area contributed by atoms with E-state index >= 15 is 0 Å². The van der Waals surface area contributed by atoms with Crippen LogP contribution in [0.25, 0.3) is 10.8 Å². The Labute approximate surface area is 177 Å². The minimum Gasteiger partial charge on any atom is -0.493 e. The number of rotatable bonds is 8. The molecule has 1 amide bonds. The van der Waals surface area contributed by atoms with Gasteiger partial charge in [0.05, 0.1) is 12.9 Å². The first kappa shape index (κ1) is 19.8. The van der Waals surface area contributed by atoms with Gasteiger partial charge in [-0.1, -0.05) is 54.2 Å². The molecule has 1 aromatic heterocycles. The van der Waals surface area contributed by atoms with Crippen LogP contribution in [0.4, 0.5) is 5.69 Å². The van der Waals surface area contributed by atoms with Gasteiger partial charge in [0.15, 0.2) is 18.1 Å². The third kappa shape index (κ3) is 4.90. The van der Waals surface area contributed by atoms with Crippen LogP contribution in [-0.2, 0) is 11.4 Å². The number of benzene rings is 3. The van der Waals surface area contributed by atoms with Gasteiger partial charge in [0.2, 0.25) is 5.91 Å². The molecule has 152 valence electrons. The van der Waals surface area contributed by atoms with Crippen molar-refractivity contribution in [1.29, 1.82) is 0 Å². The van der Waals surface area contributed by atoms with Gasteiger partial charge in [0, 0.05) is 5.69 Å². The van der Waals surface area contributed by atoms with Crippen LogP contribution in [0.2, 0.25) is 0 Å². The quantitative estimate of drug-likeness (QED) is 0.418. The minimum atomic E-state index is -0.152. The highest BCUT2D eigenvalue weighted by Crippen LogP contribution is 2.27. The summed E-state index contributed by atoms with van der Waals surface area (Å²) >= 11 is 1.17. The molecule has 1 N–H and O–H groups in total. The molecule has 0 unspecified atom stereocenters. The maximum absolute atomic E-state index is 12.2. The summed E-state index contributed by atoms with van der Waals surface area (Å²) in [5, 5.41) is 13.3. The lowest BCUT2D eigenvalue weighted by Crippen LogP contribution is -2.13. The van der Waals surface area contributed by atoms with E-state index in [9.17, 15) is 4.79 Å². The number of nitrogens with one attached hydrogen (secondary N) is 1. The van der Waals surface area contributed by atoms with Gasteiger partial charge < -0.3 is 19.2 Å². The molecule has 1 heterocycles. The van der Waals surface area contributed by atoms with Crippen LogP contribution in [0.5, 0.6) is 11.5 Å². The Morgan fingerprint density at radius 2 is 1.77 bits per heavy atom. The molecule has 0 saturated heterocycles. The molecule has 7 nitrogen and oxygen atoms in total. The molecule has 30 heavy (non-hydrogen) atoms. The first-order valence-corrected chi connectivity index (χ1v) is 10.2. The standard InChI is InChI=1S/C22H19N3O4S/c1-27-18-8-4-5-9-19(18)28-13-21-24-25-22(29-21)30-14-20(26)23-17-11-10-15-6-2-3-7-16(15)12-17/h2-12H,13-14H2,1H3,(H,23,26). The monoisotopic (exact) mass is 421 g/mol. The third-order valence-corrected chi connectivity index (χ3v) is 5.05. The van der Waals surface area contributed by atoms with Crippen molar-refractivity contribution in [2.45, 2.75) is 11.8 Å². The second-order valence-electron chi connectivity index (χ2n) is 6.30. The van der Waals surface area contributed by atoms with Crippen molar-refractivity contribution in [1.82, 2.24) is 10.2 Å². The minimum absolute atomic E-state index is 0.108. The second-order valence-corrected chi connectivity index (χ2v) is 7.23. The molecule has 4 rings (SSSR count). The Bertz CT molecular complexity index is 1160. The molecule has 0 radical (unpaired) electrons. The van der Waals surface area contributed by atoms with Crippen LogP contribution in [0.15, 0.2) is 76.4 Å². The molecule has 0 aliphatic heterocycles. The van der Waals surface area contributed by atoms with E-state index in [1.807, 2.05) is 54.6 Å². The highest BCUT2D eigenvalue weighted by molar-refractivity contribution is 7.99. The average Bonchev–Trinajstić information content (AvgIpc) is 3.24. The maximum Gasteiger partial charge on any atom is 0.277 e. The molecule has 4 aromatic rings. The summed E-state index contributed by atoms with van der Waals surface area (Å²) in [6.45, 7) is 0.108. The fourth-order valence-electron chi connectivity index (χ4n) is 2.82. The van der Waals surface area contributed by atoms with Crippen LogP contribution in [0.1, 0.15) is 5.89 Å². The molecule has 0 aliphatic rings. The van der Waals surface area contributed by atoms with Crippen LogP contribution in [0.3, 0.4) is 0 Å². The number of carbonyl (C=O) groups excluding carboxylic acids is 1. The molecule has 0 bridgehead atoms. The third-order valence-electron chi connectivity index (χ3n) is 4.23. The first-order chi connectivity index (χ1) is 14.7. The summed E-state index contributed by atoms with van der Waals surface area (Å²) in [4.78, 5) is 12.2. The number of fused-ring (bicyclic) bond motifs is 1. The van der Waals surface area contributed by atoms with Gasteiger partial charge in [-0.2, -0.15) is 0 Å². The summed E-state index contributed by atoms with van der Waals surface area (Å²) in [6, 6.07) is 21.1. The van der Waals surface area contributed by atoms with E-state index in [4.69, 9.17) is 13.9 Å². The zero-order chi connectivity index (χ0) is 20.8. The van der Waals surface area contributed by atoms with Crippen LogP contribution < -0.4 is 14.8 Å². The highest BCUT2D eigenvalue weighted by Gasteiger charge is 2.12. The number of methoxy groups -OCH3 is 1. The normalized spacial score (nSPS) is 10.7. The molecule has 3 aromatic carbocycles. The van der Waals surface area contributed by atoms with E-state index in [1.165, 1.54) is 11.8 Å². The van der Waals surface area contributed by atoms with Crippen LogP contribution in [-0.4, -0.2) is 29.0 Å². The summed E-state index contributed by atoms with van der Waals surface area (Å²) < 4.78 is 16.4. The van der Waals surface area contributed by atoms with Crippen LogP contribution in [0, 0.1) is 0 Å². The molecule has 8 heteroatoms. The van der Waals surface area contributed by atoms with E-state index in [0.29, 0.717) is 22.6 Å². The smallest absolute Gasteiger partial charge is 0.277 e. The Hall–Kier alpha value is -3.52. The molecule has 0 fully saturated rings. The Balaban J connectivity index is 1.28. The van der Waals surface area contributed by atoms with Gasteiger partial charge in [-0.05, 0) is 35.0 Å². The maximum atomic E-state index is 12.2. The van der Waals surface area contributed by atoms with Crippen molar-refractivity contribution >= 4 is 34.1 Å². The Kier molecular flexibility index (Phi) is 6.14. The lowest BCUT2D eigenvalue weighted by Gasteiger charge is -2.08. The number of ether oxygens (including phenoxy) is 2. The summed E-state index contributed by atoms with van der Waals surface area (Å²) in [6.07, 6.45) is 0. The zero-order valence-corrected chi connectivity index (χ0v) is 17.0. The SMILES string of the molecule is COc1ccccc1OCc1nnc(SCC(=O)Nc2ccc3ccccc3c2)o1. The number of nitrogens with zero attached hydrogens (tertiary/aromatic N) is 2. The van der Waals surface area contributed by atoms with E-state index in [1.54, 1.807) is 19.2 Å². The topological polar surface area (TPSA) is 86.5 Å². The molecule has 0 atom stereocenters. The van der Waals surface area contributed by atoms with Gasteiger partial charge >= 0.3 is 0 Å². The molecule has 0 aliphatic carbocycles.